The maximum absolute atomic E-state index is 12.2. The largest absolute Gasteiger partial charge is 0.378 e. The van der Waals surface area contributed by atoms with Crippen molar-refractivity contribution in [1.29, 1.82) is 0 Å². The van der Waals surface area contributed by atoms with E-state index in [1.165, 1.54) is 10.6 Å². The number of anilines is 2. The predicted molar refractivity (Wildman–Crippen MR) is 91.2 cm³/mol. The van der Waals surface area contributed by atoms with Crippen molar-refractivity contribution in [3.63, 3.8) is 0 Å². The summed E-state index contributed by atoms with van der Waals surface area (Å²) in [6.45, 7) is 3.15. The van der Waals surface area contributed by atoms with Gasteiger partial charge in [-0.05, 0) is 18.2 Å². The van der Waals surface area contributed by atoms with Crippen LogP contribution in [0.1, 0.15) is 6.42 Å². The SMILES string of the molecule is O=C(CCn1ccccc1=O)Nc1cccnc1N1CCOCC1. The Labute approximate surface area is 139 Å². The van der Waals surface area contributed by atoms with Crippen molar-refractivity contribution in [2.24, 2.45) is 0 Å². The molecule has 3 rings (SSSR count). The first kappa shape index (κ1) is 16.2. The molecule has 24 heavy (non-hydrogen) atoms. The van der Waals surface area contributed by atoms with Crippen LogP contribution < -0.4 is 15.8 Å². The average Bonchev–Trinajstić information content (AvgIpc) is 2.62. The minimum atomic E-state index is -0.145. The lowest BCUT2D eigenvalue weighted by atomic mass is 10.3. The van der Waals surface area contributed by atoms with Crippen LogP contribution in [0.2, 0.25) is 0 Å². The maximum Gasteiger partial charge on any atom is 0.250 e. The van der Waals surface area contributed by atoms with Crippen LogP contribution in [0.25, 0.3) is 0 Å². The second-order valence-electron chi connectivity index (χ2n) is 5.50. The highest BCUT2D eigenvalue weighted by molar-refractivity contribution is 5.93. The molecule has 2 aromatic rings. The van der Waals surface area contributed by atoms with Gasteiger partial charge in [-0.15, -0.1) is 0 Å². The highest BCUT2D eigenvalue weighted by Crippen LogP contribution is 2.23. The fourth-order valence-electron chi connectivity index (χ4n) is 2.60. The number of rotatable bonds is 5. The highest BCUT2D eigenvalue weighted by Gasteiger charge is 2.17. The van der Waals surface area contributed by atoms with Crippen LogP contribution in [0, 0.1) is 0 Å². The van der Waals surface area contributed by atoms with Crippen molar-refractivity contribution in [3.8, 4) is 0 Å². The number of carbonyl (C=O) groups is 1. The van der Waals surface area contributed by atoms with Gasteiger partial charge in [0.25, 0.3) is 5.56 Å². The van der Waals surface area contributed by atoms with Gasteiger partial charge in [-0.2, -0.15) is 0 Å². The summed E-state index contributed by atoms with van der Waals surface area (Å²) in [5.74, 6) is 0.610. The number of morpholine rings is 1. The molecule has 1 N–H and O–H groups in total. The summed E-state index contributed by atoms with van der Waals surface area (Å²) in [7, 11) is 0. The maximum atomic E-state index is 12.2. The summed E-state index contributed by atoms with van der Waals surface area (Å²) in [5, 5.41) is 2.90. The number of carbonyl (C=O) groups excluding carboxylic acids is 1. The van der Waals surface area contributed by atoms with Gasteiger partial charge in [-0.1, -0.05) is 6.07 Å². The standard InChI is InChI=1S/C17H20N4O3/c22-15(6-9-20-8-2-1-5-16(20)23)19-14-4-3-7-18-17(14)21-10-12-24-13-11-21/h1-5,7-8H,6,9-13H2,(H,19,22). The van der Waals surface area contributed by atoms with E-state index in [-0.39, 0.29) is 17.9 Å². The number of hydrogen-bond acceptors (Lipinski definition) is 5. The molecular formula is C17H20N4O3. The third-order valence-electron chi connectivity index (χ3n) is 3.85. The van der Waals surface area contributed by atoms with Crippen LogP contribution in [-0.4, -0.2) is 41.8 Å². The molecule has 7 heteroatoms. The van der Waals surface area contributed by atoms with Gasteiger partial charge in [0, 0.05) is 44.5 Å². The third-order valence-corrected chi connectivity index (χ3v) is 3.85. The van der Waals surface area contributed by atoms with E-state index in [0.29, 0.717) is 25.4 Å². The Morgan fingerprint density at radius 3 is 2.83 bits per heavy atom. The van der Waals surface area contributed by atoms with E-state index in [0.717, 1.165) is 18.9 Å². The van der Waals surface area contributed by atoms with Crippen molar-refractivity contribution < 1.29 is 9.53 Å². The van der Waals surface area contributed by atoms with E-state index in [9.17, 15) is 9.59 Å². The van der Waals surface area contributed by atoms with Gasteiger partial charge >= 0.3 is 0 Å². The van der Waals surface area contributed by atoms with Gasteiger partial charge in [0.2, 0.25) is 5.91 Å². The van der Waals surface area contributed by atoms with Crippen molar-refractivity contribution in [2.75, 3.05) is 36.5 Å². The lowest BCUT2D eigenvalue weighted by Crippen LogP contribution is -2.37. The molecule has 1 fully saturated rings. The minimum Gasteiger partial charge on any atom is -0.378 e. The van der Waals surface area contributed by atoms with Crippen LogP contribution in [0.4, 0.5) is 11.5 Å². The molecule has 1 saturated heterocycles. The zero-order valence-corrected chi connectivity index (χ0v) is 13.4. The van der Waals surface area contributed by atoms with Crippen molar-refractivity contribution in [3.05, 3.63) is 53.1 Å². The molecule has 0 atom stereocenters. The smallest absolute Gasteiger partial charge is 0.250 e. The molecule has 0 spiro atoms. The molecule has 0 radical (unpaired) electrons. The Hall–Kier alpha value is -2.67. The van der Waals surface area contributed by atoms with E-state index in [2.05, 4.69) is 15.2 Å². The Bertz CT molecular complexity index is 753. The zero-order chi connectivity index (χ0) is 16.8. The predicted octanol–water partition coefficient (Wildman–Crippen LogP) is 1.11. The van der Waals surface area contributed by atoms with E-state index >= 15 is 0 Å². The third kappa shape index (κ3) is 3.99. The monoisotopic (exact) mass is 328 g/mol. The molecule has 1 aliphatic rings. The van der Waals surface area contributed by atoms with Crippen LogP contribution in [0.5, 0.6) is 0 Å². The number of pyridine rings is 2. The van der Waals surface area contributed by atoms with Crippen molar-refractivity contribution >= 4 is 17.4 Å². The lowest BCUT2D eigenvalue weighted by molar-refractivity contribution is -0.116. The Kier molecular flexibility index (Phi) is 5.22. The summed E-state index contributed by atoms with van der Waals surface area (Å²) in [4.78, 5) is 30.4. The molecule has 0 unspecified atom stereocenters. The van der Waals surface area contributed by atoms with Gasteiger partial charge in [0.05, 0.1) is 18.9 Å². The van der Waals surface area contributed by atoms with Gasteiger partial charge in [-0.3, -0.25) is 9.59 Å². The van der Waals surface area contributed by atoms with E-state index in [1.54, 1.807) is 30.6 Å². The fraction of sp³-hybridized carbons (Fsp3) is 0.353. The van der Waals surface area contributed by atoms with Crippen molar-refractivity contribution in [1.82, 2.24) is 9.55 Å². The second kappa shape index (κ2) is 7.74. The molecular weight excluding hydrogens is 308 g/mol. The summed E-state index contributed by atoms with van der Waals surface area (Å²) in [6.07, 6.45) is 3.62. The first-order valence-electron chi connectivity index (χ1n) is 7.97. The number of amides is 1. The normalized spacial score (nSPS) is 14.4. The average molecular weight is 328 g/mol. The first-order chi connectivity index (χ1) is 11.7. The topological polar surface area (TPSA) is 76.5 Å². The van der Waals surface area contributed by atoms with Gasteiger partial charge in [0.15, 0.2) is 5.82 Å². The zero-order valence-electron chi connectivity index (χ0n) is 13.4. The number of aryl methyl sites for hydroxylation is 1. The summed E-state index contributed by atoms with van der Waals surface area (Å²) in [6, 6.07) is 8.57. The summed E-state index contributed by atoms with van der Waals surface area (Å²) >= 11 is 0. The highest BCUT2D eigenvalue weighted by atomic mass is 16.5. The second-order valence-corrected chi connectivity index (χ2v) is 5.50. The number of nitrogens with zero attached hydrogens (tertiary/aromatic N) is 3. The molecule has 0 aliphatic carbocycles. The van der Waals surface area contributed by atoms with E-state index in [4.69, 9.17) is 4.74 Å². The van der Waals surface area contributed by atoms with Gasteiger partial charge < -0.3 is 19.5 Å². The van der Waals surface area contributed by atoms with Crippen LogP contribution in [0.15, 0.2) is 47.5 Å². The Balaban J connectivity index is 1.64. The molecule has 7 nitrogen and oxygen atoms in total. The Morgan fingerprint density at radius 2 is 2.04 bits per heavy atom. The quantitative estimate of drug-likeness (QED) is 0.890. The molecule has 0 saturated carbocycles. The molecule has 1 amide bonds. The van der Waals surface area contributed by atoms with E-state index < -0.39 is 0 Å². The molecule has 0 aromatic carbocycles. The van der Waals surface area contributed by atoms with Crippen molar-refractivity contribution in [2.45, 2.75) is 13.0 Å². The van der Waals surface area contributed by atoms with Crippen LogP contribution >= 0.6 is 0 Å². The molecule has 0 bridgehead atoms. The molecule has 126 valence electrons. The fourth-order valence-corrected chi connectivity index (χ4v) is 2.60. The van der Waals surface area contributed by atoms with Crippen LogP contribution in [-0.2, 0) is 16.1 Å². The molecule has 3 heterocycles. The lowest BCUT2D eigenvalue weighted by Gasteiger charge is -2.29. The number of nitrogens with one attached hydrogen (secondary N) is 1. The Morgan fingerprint density at radius 1 is 1.21 bits per heavy atom. The minimum absolute atomic E-state index is 0.110. The summed E-state index contributed by atoms with van der Waals surface area (Å²) in [5.41, 5.74) is 0.575. The first-order valence-corrected chi connectivity index (χ1v) is 7.97. The van der Waals surface area contributed by atoms with Gasteiger partial charge in [-0.25, -0.2) is 4.98 Å². The number of ether oxygens (including phenoxy) is 1. The molecule has 1 aliphatic heterocycles. The molecule has 2 aromatic heterocycles. The van der Waals surface area contributed by atoms with Crippen LogP contribution in [0.3, 0.4) is 0 Å². The summed E-state index contributed by atoms with van der Waals surface area (Å²) < 4.78 is 6.87. The number of aromatic nitrogens is 2. The van der Waals surface area contributed by atoms with E-state index in [1.807, 2.05) is 6.07 Å². The van der Waals surface area contributed by atoms with Gasteiger partial charge in [0.1, 0.15) is 0 Å². The number of hydrogen-bond donors (Lipinski definition) is 1.